The van der Waals surface area contributed by atoms with Crippen molar-refractivity contribution in [2.45, 2.75) is 19.4 Å². The average molecular weight is 233 g/mol. The molecule has 1 atom stereocenters. The van der Waals surface area contributed by atoms with Gasteiger partial charge in [0.25, 0.3) is 0 Å². The molecule has 2 nitrogen and oxygen atoms in total. The van der Waals surface area contributed by atoms with Gasteiger partial charge < -0.3 is 5.11 Å². The number of hydrogen-bond donors (Lipinski definition) is 1. The zero-order chi connectivity index (χ0) is 10.7. The van der Waals surface area contributed by atoms with Gasteiger partial charge in [0.05, 0.1) is 6.10 Å². The van der Waals surface area contributed by atoms with Crippen LogP contribution in [0.5, 0.6) is 0 Å². The Balaban J connectivity index is 2.90. The Morgan fingerprint density at radius 3 is 2.64 bits per heavy atom. The van der Waals surface area contributed by atoms with Crippen LogP contribution in [-0.2, 0) is 4.79 Å². The summed E-state index contributed by atoms with van der Waals surface area (Å²) in [5, 5.41) is 10.5. The third-order valence-corrected chi connectivity index (χ3v) is 2.36. The third kappa shape index (κ3) is 2.98. The molecule has 0 amide bonds. The Hall–Kier alpha value is -0.570. The number of ketones is 1. The van der Waals surface area contributed by atoms with Crippen LogP contribution in [0.1, 0.15) is 25.0 Å². The lowest BCUT2D eigenvalue weighted by Gasteiger charge is -2.10. The second-order valence-corrected chi connectivity index (χ2v) is 3.93. The van der Waals surface area contributed by atoms with Gasteiger partial charge in [-0.15, -0.1) is 0 Å². The standard InChI is InChI=1S/C10H10Cl2O2/c1-6(13)4-10(14)8-3-2-7(11)5-9(8)12/h2-3,5,10,14H,4H2,1H3. The summed E-state index contributed by atoms with van der Waals surface area (Å²) in [6, 6.07) is 4.80. The number of carbonyl (C=O) groups excluding carboxylic acids is 1. The number of Topliss-reactive ketones (excluding diaryl/α,β-unsaturated/α-hetero) is 1. The van der Waals surface area contributed by atoms with Crippen molar-refractivity contribution in [3.05, 3.63) is 33.8 Å². The van der Waals surface area contributed by atoms with E-state index in [1.165, 1.54) is 6.92 Å². The van der Waals surface area contributed by atoms with Crippen LogP contribution in [0.25, 0.3) is 0 Å². The number of aliphatic hydroxyl groups is 1. The van der Waals surface area contributed by atoms with Gasteiger partial charge in [-0.25, -0.2) is 0 Å². The molecule has 0 heterocycles. The van der Waals surface area contributed by atoms with Crippen LogP contribution in [-0.4, -0.2) is 10.9 Å². The summed E-state index contributed by atoms with van der Waals surface area (Å²) in [6.45, 7) is 1.42. The molecule has 76 valence electrons. The smallest absolute Gasteiger partial charge is 0.132 e. The molecule has 4 heteroatoms. The summed E-state index contributed by atoms with van der Waals surface area (Å²) in [7, 11) is 0. The maximum atomic E-state index is 10.8. The van der Waals surface area contributed by atoms with Crippen molar-refractivity contribution in [3.8, 4) is 0 Å². The van der Waals surface area contributed by atoms with Gasteiger partial charge in [0.2, 0.25) is 0 Å². The minimum Gasteiger partial charge on any atom is -0.388 e. The molecule has 14 heavy (non-hydrogen) atoms. The molecule has 0 aliphatic carbocycles. The lowest BCUT2D eigenvalue weighted by molar-refractivity contribution is -0.118. The highest BCUT2D eigenvalue weighted by atomic mass is 35.5. The van der Waals surface area contributed by atoms with Crippen molar-refractivity contribution in [2.24, 2.45) is 0 Å². The number of rotatable bonds is 3. The van der Waals surface area contributed by atoms with Gasteiger partial charge in [-0.1, -0.05) is 29.3 Å². The van der Waals surface area contributed by atoms with Crippen molar-refractivity contribution >= 4 is 29.0 Å². The molecule has 1 aromatic carbocycles. The predicted molar refractivity (Wildman–Crippen MR) is 56.7 cm³/mol. The molecule has 0 radical (unpaired) electrons. The van der Waals surface area contributed by atoms with Crippen molar-refractivity contribution in [1.82, 2.24) is 0 Å². The van der Waals surface area contributed by atoms with Gasteiger partial charge in [0.1, 0.15) is 5.78 Å². The molecule has 0 saturated carbocycles. The maximum Gasteiger partial charge on any atom is 0.132 e. The van der Waals surface area contributed by atoms with E-state index < -0.39 is 6.10 Å². The predicted octanol–water partition coefficient (Wildman–Crippen LogP) is 3.01. The fraction of sp³-hybridized carbons (Fsp3) is 0.300. The molecule has 0 spiro atoms. The van der Waals surface area contributed by atoms with Crippen LogP contribution in [0.3, 0.4) is 0 Å². The Kier molecular flexibility index (Phi) is 3.93. The average Bonchev–Trinajstić information content (AvgIpc) is 2.01. The molecule has 0 aliphatic rings. The van der Waals surface area contributed by atoms with Crippen LogP contribution < -0.4 is 0 Å². The van der Waals surface area contributed by atoms with E-state index in [0.717, 1.165) is 0 Å². The first-order chi connectivity index (χ1) is 6.50. The fourth-order valence-corrected chi connectivity index (χ4v) is 1.69. The molecule has 0 aliphatic heterocycles. The van der Waals surface area contributed by atoms with Crippen molar-refractivity contribution in [3.63, 3.8) is 0 Å². The molecule has 0 fully saturated rings. The number of halogens is 2. The Bertz CT molecular complexity index is 350. The normalized spacial score (nSPS) is 12.6. The van der Waals surface area contributed by atoms with Gasteiger partial charge >= 0.3 is 0 Å². The molecule has 0 saturated heterocycles. The van der Waals surface area contributed by atoms with Crippen LogP contribution in [0.4, 0.5) is 0 Å². The first-order valence-corrected chi connectivity index (χ1v) is 4.88. The molecule has 1 unspecified atom stereocenters. The molecule has 1 rings (SSSR count). The highest BCUT2D eigenvalue weighted by Crippen LogP contribution is 2.27. The quantitative estimate of drug-likeness (QED) is 0.871. The highest BCUT2D eigenvalue weighted by Gasteiger charge is 2.13. The fourth-order valence-electron chi connectivity index (χ4n) is 1.15. The van der Waals surface area contributed by atoms with Gasteiger partial charge in [-0.05, 0) is 24.6 Å². The number of carbonyl (C=O) groups is 1. The van der Waals surface area contributed by atoms with Crippen LogP contribution in [0, 0.1) is 0 Å². The van der Waals surface area contributed by atoms with Gasteiger partial charge in [-0.3, -0.25) is 4.79 Å². The second kappa shape index (κ2) is 4.78. The summed E-state index contributed by atoms with van der Waals surface area (Å²) >= 11 is 11.5. The maximum absolute atomic E-state index is 10.8. The Morgan fingerprint density at radius 2 is 2.14 bits per heavy atom. The van der Waals surface area contributed by atoms with E-state index in [1.54, 1.807) is 18.2 Å². The van der Waals surface area contributed by atoms with E-state index in [-0.39, 0.29) is 12.2 Å². The van der Waals surface area contributed by atoms with E-state index in [2.05, 4.69) is 0 Å². The van der Waals surface area contributed by atoms with E-state index in [0.29, 0.717) is 15.6 Å². The monoisotopic (exact) mass is 232 g/mol. The minimum absolute atomic E-state index is 0.0708. The van der Waals surface area contributed by atoms with Crippen molar-refractivity contribution < 1.29 is 9.90 Å². The molecular weight excluding hydrogens is 223 g/mol. The molecule has 0 aromatic heterocycles. The SMILES string of the molecule is CC(=O)CC(O)c1ccc(Cl)cc1Cl. The summed E-state index contributed by atoms with van der Waals surface area (Å²) < 4.78 is 0. The molecular formula is C10H10Cl2O2. The van der Waals surface area contributed by atoms with Crippen LogP contribution in [0.15, 0.2) is 18.2 Å². The third-order valence-electron chi connectivity index (χ3n) is 1.80. The summed E-state index contributed by atoms with van der Waals surface area (Å²) in [4.78, 5) is 10.8. The molecule has 1 N–H and O–H groups in total. The van der Waals surface area contributed by atoms with Gasteiger partial charge in [0, 0.05) is 16.5 Å². The second-order valence-electron chi connectivity index (χ2n) is 3.09. The first-order valence-electron chi connectivity index (χ1n) is 4.13. The van der Waals surface area contributed by atoms with Crippen LogP contribution >= 0.6 is 23.2 Å². The van der Waals surface area contributed by atoms with Crippen LogP contribution in [0.2, 0.25) is 10.0 Å². The van der Waals surface area contributed by atoms with E-state index in [9.17, 15) is 9.90 Å². The van der Waals surface area contributed by atoms with E-state index in [1.807, 2.05) is 0 Å². The summed E-state index contributed by atoms with van der Waals surface area (Å²) in [6.07, 6.45) is -0.779. The zero-order valence-electron chi connectivity index (χ0n) is 7.63. The van der Waals surface area contributed by atoms with Crippen molar-refractivity contribution in [2.75, 3.05) is 0 Å². The van der Waals surface area contributed by atoms with E-state index in [4.69, 9.17) is 23.2 Å². The minimum atomic E-state index is -0.850. The number of benzene rings is 1. The lowest BCUT2D eigenvalue weighted by atomic mass is 10.1. The van der Waals surface area contributed by atoms with Gasteiger partial charge in [-0.2, -0.15) is 0 Å². The molecule has 0 bridgehead atoms. The Morgan fingerprint density at radius 1 is 1.50 bits per heavy atom. The van der Waals surface area contributed by atoms with E-state index >= 15 is 0 Å². The first kappa shape index (κ1) is 11.5. The highest BCUT2D eigenvalue weighted by molar-refractivity contribution is 6.35. The Labute approximate surface area is 92.5 Å². The topological polar surface area (TPSA) is 37.3 Å². The summed E-state index contributed by atoms with van der Waals surface area (Å²) in [5.41, 5.74) is 0.534. The largest absolute Gasteiger partial charge is 0.388 e. The summed E-state index contributed by atoms with van der Waals surface area (Å²) in [5.74, 6) is -0.0801. The zero-order valence-corrected chi connectivity index (χ0v) is 9.14. The van der Waals surface area contributed by atoms with Crippen molar-refractivity contribution in [1.29, 1.82) is 0 Å². The number of hydrogen-bond acceptors (Lipinski definition) is 2. The molecule has 1 aromatic rings. The van der Waals surface area contributed by atoms with Gasteiger partial charge in [0.15, 0.2) is 0 Å². The number of aliphatic hydroxyl groups excluding tert-OH is 1. The lowest BCUT2D eigenvalue weighted by Crippen LogP contribution is -2.03.